The Kier molecular flexibility index (Phi) is 8.77. The SMILES string of the molecule is C=C/C=C1\C(=C/C)C2(c3ccccc31)c1ccccc1-c1ccc(N(c3ccc(-c4ccccc4)cc3)c3ccc4c(c3)c3c5ccccc5c5sc6ccccc6c5c3n4-c3ccccc3)cc12. The lowest BCUT2D eigenvalue weighted by molar-refractivity contribution is 0.792. The number of hydrogen-bond acceptors (Lipinski definition) is 2. The van der Waals surface area contributed by atoms with E-state index in [0.29, 0.717) is 0 Å². The minimum atomic E-state index is -0.508. The molecule has 2 heterocycles. The summed E-state index contributed by atoms with van der Waals surface area (Å²) in [5.41, 5.74) is 19.0. The number of rotatable bonds is 6. The van der Waals surface area contributed by atoms with Crippen molar-refractivity contribution in [3.63, 3.8) is 0 Å². The van der Waals surface area contributed by atoms with Gasteiger partial charge in [0, 0.05) is 59.1 Å². The third-order valence-electron chi connectivity index (χ3n) is 14.9. The van der Waals surface area contributed by atoms with Crippen molar-refractivity contribution in [1.29, 1.82) is 0 Å². The smallest absolute Gasteiger partial charge is 0.0723 e. The molecular weight excluding hydrogens is 853 g/mol. The van der Waals surface area contributed by atoms with Crippen LogP contribution in [0.4, 0.5) is 17.1 Å². The van der Waals surface area contributed by atoms with Crippen LogP contribution < -0.4 is 4.90 Å². The zero-order valence-electron chi connectivity index (χ0n) is 38.0. The van der Waals surface area contributed by atoms with E-state index in [9.17, 15) is 0 Å². The molecule has 1 unspecified atom stereocenters. The zero-order chi connectivity index (χ0) is 45.8. The fourth-order valence-electron chi connectivity index (χ4n) is 12.2. The van der Waals surface area contributed by atoms with Crippen LogP contribution in [0.3, 0.4) is 0 Å². The molecule has 69 heavy (non-hydrogen) atoms. The molecule has 2 aliphatic rings. The summed E-state index contributed by atoms with van der Waals surface area (Å²) in [6, 6.07) is 81.1. The molecule has 0 saturated heterocycles. The van der Waals surface area contributed by atoms with Gasteiger partial charge in [-0.3, -0.25) is 0 Å². The van der Waals surface area contributed by atoms with Crippen molar-refractivity contribution in [2.75, 3.05) is 4.90 Å². The van der Waals surface area contributed by atoms with Crippen LogP contribution in [0.25, 0.3) is 86.3 Å². The highest BCUT2D eigenvalue weighted by atomic mass is 32.1. The fraction of sp³-hybridized carbons (Fsp3) is 0.0303. The minimum absolute atomic E-state index is 0.508. The van der Waals surface area contributed by atoms with E-state index in [4.69, 9.17) is 0 Å². The average molecular weight is 897 g/mol. The average Bonchev–Trinajstić information content (AvgIpc) is 4.13. The normalized spacial score (nSPS) is 16.1. The monoisotopic (exact) mass is 896 g/mol. The number of allylic oxidation sites excluding steroid dienone is 5. The van der Waals surface area contributed by atoms with Crippen LogP contribution in [-0.2, 0) is 5.41 Å². The first kappa shape index (κ1) is 39.6. The molecule has 0 bridgehead atoms. The second kappa shape index (κ2) is 15.3. The van der Waals surface area contributed by atoms with Crippen molar-refractivity contribution in [1.82, 2.24) is 4.57 Å². The molecule has 0 fully saturated rings. The standard InChI is InChI=1S/C66H44N2S/c1-3-19-48-49-24-13-16-29-57(49)66(56(48)4-2)58-30-17-14-25-50(58)51-38-36-47(41-59(51)66)67(45-34-32-43(33-35-45)42-20-7-5-8-21-42)46-37-39-60-55(40-46)62-52-26-11-12-27-53(52)65-63(54-28-15-18-31-61(54)69-65)64(62)68(60)44-22-9-6-10-23-44/h3-41H,1H2,2H3/b48-19-,56-4+. The largest absolute Gasteiger partial charge is 0.310 e. The maximum absolute atomic E-state index is 4.19. The third-order valence-corrected chi connectivity index (χ3v) is 16.1. The zero-order valence-corrected chi connectivity index (χ0v) is 38.8. The number of para-hydroxylation sites is 1. The van der Waals surface area contributed by atoms with E-state index in [2.05, 4.69) is 254 Å². The van der Waals surface area contributed by atoms with Gasteiger partial charge in [0.25, 0.3) is 0 Å². The molecule has 3 heteroatoms. The Hall–Kier alpha value is -8.50. The number of hydrogen-bond donors (Lipinski definition) is 0. The van der Waals surface area contributed by atoms with E-state index in [-0.39, 0.29) is 0 Å². The van der Waals surface area contributed by atoms with E-state index >= 15 is 0 Å². The van der Waals surface area contributed by atoms with Crippen LogP contribution in [0, 0.1) is 0 Å². The number of anilines is 3. The fourth-order valence-corrected chi connectivity index (χ4v) is 13.5. The van der Waals surface area contributed by atoms with Gasteiger partial charge in [0.15, 0.2) is 0 Å². The Morgan fingerprint density at radius 2 is 1.09 bits per heavy atom. The molecule has 2 aromatic heterocycles. The second-order valence-corrected chi connectivity index (χ2v) is 19.3. The summed E-state index contributed by atoms with van der Waals surface area (Å²) >= 11 is 1.90. The Morgan fingerprint density at radius 1 is 0.493 bits per heavy atom. The van der Waals surface area contributed by atoms with Crippen LogP contribution in [0.2, 0.25) is 0 Å². The quantitative estimate of drug-likeness (QED) is 0.161. The summed E-state index contributed by atoms with van der Waals surface area (Å²) in [5.74, 6) is 0. The Bertz CT molecular complexity index is 4150. The molecule has 12 aromatic rings. The maximum atomic E-state index is 4.19. The molecule has 0 N–H and O–H groups in total. The minimum Gasteiger partial charge on any atom is -0.310 e. The van der Waals surface area contributed by atoms with Crippen molar-refractivity contribution >= 4 is 86.7 Å². The van der Waals surface area contributed by atoms with Crippen molar-refractivity contribution in [3.05, 3.63) is 271 Å². The van der Waals surface area contributed by atoms with Crippen LogP contribution >= 0.6 is 11.3 Å². The molecule has 0 saturated carbocycles. The highest BCUT2D eigenvalue weighted by Gasteiger charge is 2.53. The van der Waals surface area contributed by atoms with Crippen molar-refractivity contribution in [3.8, 4) is 27.9 Å². The molecule has 2 nitrogen and oxygen atoms in total. The molecule has 2 aliphatic carbocycles. The molecule has 324 valence electrons. The number of thiophene rings is 1. The van der Waals surface area contributed by atoms with Crippen LogP contribution in [-0.4, -0.2) is 4.57 Å². The van der Waals surface area contributed by atoms with Gasteiger partial charge in [-0.15, -0.1) is 11.3 Å². The van der Waals surface area contributed by atoms with Gasteiger partial charge in [-0.05, 0) is 129 Å². The first-order chi connectivity index (χ1) is 34.2. The van der Waals surface area contributed by atoms with E-state index in [1.165, 1.54) is 108 Å². The van der Waals surface area contributed by atoms with E-state index in [0.717, 1.165) is 22.7 Å². The molecule has 1 atom stereocenters. The summed E-state index contributed by atoms with van der Waals surface area (Å²) in [4.78, 5) is 2.48. The molecular formula is C66H44N2S. The molecule has 1 spiro atoms. The first-order valence-electron chi connectivity index (χ1n) is 23.8. The lowest BCUT2D eigenvalue weighted by atomic mass is 9.70. The van der Waals surface area contributed by atoms with Gasteiger partial charge in [-0.1, -0.05) is 183 Å². The van der Waals surface area contributed by atoms with Crippen molar-refractivity contribution in [2.45, 2.75) is 12.3 Å². The number of benzene rings is 10. The van der Waals surface area contributed by atoms with Gasteiger partial charge in [0.1, 0.15) is 0 Å². The van der Waals surface area contributed by atoms with Gasteiger partial charge in [0.05, 0.1) is 16.4 Å². The van der Waals surface area contributed by atoms with Gasteiger partial charge < -0.3 is 9.47 Å². The summed E-state index contributed by atoms with van der Waals surface area (Å²) in [6.07, 6.45) is 6.47. The summed E-state index contributed by atoms with van der Waals surface area (Å²) < 4.78 is 5.14. The summed E-state index contributed by atoms with van der Waals surface area (Å²) in [6.45, 7) is 6.39. The predicted molar refractivity (Wildman–Crippen MR) is 295 cm³/mol. The Morgan fingerprint density at radius 3 is 1.86 bits per heavy atom. The topological polar surface area (TPSA) is 8.17 Å². The molecule has 0 radical (unpaired) electrons. The highest BCUT2D eigenvalue weighted by Crippen LogP contribution is 2.64. The lowest BCUT2D eigenvalue weighted by Gasteiger charge is -2.32. The number of fused-ring (bicyclic) bond motifs is 17. The Labute approximate surface area is 405 Å². The number of nitrogens with zero attached hydrogens (tertiary/aromatic N) is 2. The third kappa shape index (κ3) is 5.54. The van der Waals surface area contributed by atoms with Crippen molar-refractivity contribution in [2.24, 2.45) is 0 Å². The van der Waals surface area contributed by atoms with Crippen molar-refractivity contribution < 1.29 is 0 Å². The highest BCUT2D eigenvalue weighted by molar-refractivity contribution is 7.27. The van der Waals surface area contributed by atoms with Gasteiger partial charge >= 0.3 is 0 Å². The second-order valence-electron chi connectivity index (χ2n) is 18.3. The van der Waals surface area contributed by atoms with Gasteiger partial charge in [0.2, 0.25) is 0 Å². The van der Waals surface area contributed by atoms with Crippen LogP contribution in [0.5, 0.6) is 0 Å². The first-order valence-corrected chi connectivity index (χ1v) is 24.6. The molecule has 0 amide bonds. The van der Waals surface area contributed by atoms with E-state index < -0.39 is 5.41 Å². The lowest BCUT2D eigenvalue weighted by Crippen LogP contribution is -2.26. The molecule has 14 rings (SSSR count). The van der Waals surface area contributed by atoms with Crippen LogP contribution in [0.1, 0.15) is 29.2 Å². The van der Waals surface area contributed by atoms with Crippen LogP contribution in [0.15, 0.2) is 249 Å². The number of aromatic nitrogens is 1. The Balaban J connectivity index is 1.07. The summed E-state index contributed by atoms with van der Waals surface area (Å²) in [5, 5.41) is 7.65. The molecule has 0 aliphatic heterocycles. The van der Waals surface area contributed by atoms with E-state index in [1.807, 2.05) is 17.4 Å². The summed E-state index contributed by atoms with van der Waals surface area (Å²) in [7, 11) is 0. The predicted octanol–water partition coefficient (Wildman–Crippen LogP) is 18.3. The van der Waals surface area contributed by atoms with Gasteiger partial charge in [-0.25, -0.2) is 0 Å². The maximum Gasteiger partial charge on any atom is 0.0723 e. The van der Waals surface area contributed by atoms with E-state index in [1.54, 1.807) is 0 Å². The molecule has 10 aromatic carbocycles. The van der Waals surface area contributed by atoms with Gasteiger partial charge in [-0.2, -0.15) is 0 Å².